The summed E-state index contributed by atoms with van der Waals surface area (Å²) in [6, 6.07) is 17.6. The summed E-state index contributed by atoms with van der Waals surface area (Å²) >= 11 is 0. The molecule has 5 aromatic rings. The molecule has 6 rings (SSSR count). The largest absolute Gasteiger partial charge is 0.339 e. The highest BCUT2D eigenvalue weighted by Gasteiger charge is 2.15. The Bertz CT molecular complexity index is 1480. The lowest BCUT2D eigenvalue weighted by Gasteiger charge is -2.14. The Hall–Kier alpha value is -4.24. The van der Waals surface area contributed by atoms with Crippen molar-refractivity contribution < 1.29 is 4.79 Å². The Morgan fingerprint density at radius 2 is 1.91 bits per heavy atom. The minimum atomic E-state index is 0.0106. The number of nitrogens with zero attached hydrogens (tertiary/aromatic N) is 5. The van der Waals surface area contributed by atoms with Crippen LogP contribution in [0.1, 0.15) is 12.8 Å². The number of imidazole rings is 1. The zero-order valence-electron chi connectivity index (χ0n) is 18.5. The number of nitrogens with one attached hydrogen (secondary N) is 3. The molecule has 9 nitrogen and oxygen atoms in total. The summed E-state index contributed by atoms with van der Waals surface area (Å²) in [6.45, 7) is 2.42. The number of hydrogen-bond donors (Lipinski definition) is 3. The first-order chi connectivity index (χ1) is 16.7. The van der Waals surface area contributed by atoms with Crippen LogP contribution in [0.25, 0.3) is 27.8 Å². The lowest BCUT2D eigenvalue weighted by atomic mass is 10.1. The molecule has 170 valence electrons. The number of fused-ring (bicyclic) bond motifs is 2. The second-order valence-corrected chi connectivity index (χ2v) is 8.54. The Labute approximate surface area is 195 Å². The molecule has 0 atom stereocenters. The van der Waals surface area contributed by atoms with Crippen LogP contribution >= 0.6 is 0 Å². The zero-order chi connectivity index (χ0) is 22.9. The first-order valence-electron chi connectivity index (χ1n) is 11.4. The Morgan fingerprint density at radius 1 is 1.00 bits per heavy atom. The molecule has 0 aliphatic carbocycles. The van der Waals surface area contributed by atoms with Gasteiger partial charge in [-0.1, -0.05) is 12.1 Å². The van der Waals surface area contributed by atoms with Crippen LogP contribution in [-0.4, -0.2) is 55.2 Å². The average Bonchev–Trinajstić information content (AvgIpc) is 3.60. The van der Waals surface area contributed by atoms with Gasteiger partial charge in [0.15, 0.2) is 11.5 Å². The second kappa shape index (κ2) is 8.60. The van der Waals surface area contributed by atoms with E-state index in [1.807, 2.05) is 59.1 Å². The molecule has 3 N–H and O–H groups in total. The molecule has 2 aromatic carbocycles. The number of carbonyl (C=O) groups excluding carboxylic acids is 1. The summed E-state index contributed by atoms with van der Waals surface area (Å²) in [5.41, 5.74) is 5.19. The predicted molar refractivity (Wildman–Crippen MR) is 132 cm³/mol. The van der Waals surface area contributed by atoms with Gasteiger partial charge >= 0.3 is 0 Å². The van der Waals surface area contributed by atoms with E-state index in [0.29, 0.717) is 12.4 Å². The summed E-state index contributed by atoms with van der Waals surface area (Å²) in [5.74, 6) is 0.709. The molecular formula is C25H24N8O. The highest BCUT2D eigenvalue weighted by atomic mass is 16.2. The van der Waals surface area contributed by atoms with E-state index in [9.17, 15) is 4.79 Å². The number of likely N-dealkylation sites (tertiary alicyclic amines) is 1. The minimum Gasteiger partial charge on any atom is -0.339 e. The number of hydrogen-bond acceptors (Lipinski definition) is 6. The molecule has 9 heteroatoms. The first kappa shape index (κ1) is 20.4. The van der Waals surface area contributed by atoms with Gasteiger partial charge < -0.3 is 10.6 Å². The van der Waals surface area contributed by atoms with E-state index in [0.717, 1.165) is 52.3 Å². The molecule has 0 radical (unpaired) electrons. The van der Waals surface area contributed by atoms with Crippen molar-refractivity contribution in [1.82, 2.24) is 29.7 Å². The van der Waals surface area contributed by atoms with Crippen molar-refractivity contribution in [2.75, 3.05) is 30.3 Å². The maximum absolute atomic E-state index is 12.5. The molecule has 0 spiro atoms. The minimum absolute atomic E-state index is 0.0106. The van der Waals surface area contributed by atoms with E-state index in [4.69, 9.17) is 5.10 Å². The third-order valence-corrected chi connectivity index (χ3v) is 6.08. The van der Waals surface area contributed by atoms with Crippen LogP contribution in [0.3, 0.4) is 0 Å². The van der Waals surface area contributed by atoms with Gasteiger partial charge in [0.25, 0.3) is 0 Å². The van der Waals surface area contributed by atoms with Gasteiger partial charge in [0.05, 0.1) is 30.1 Å². The zero-order valence-corrected chi connectivity index (χ0v) is 18.5. The van der Waals surface area contributed by atoms with Crippen LogP contribution in [0.2, 0.25) is 0 Å². The van der Waals surface area contributed by atoms with Crippen LogP contribution in [0, 0.1) is 0 Å². The number of rotatable bonds is 6. The highest BCUT2D eigenvalue weighted by molar-refractivity contribution is 5.93. The van der Waals surface area contributed by atoms with Gasteiger partial charge in [-0.3, -0.25) is 14.8 Å². The van der Waals surface area contributed by atoms with Gasteiger partial charge in [-0.05, 0) is 68.4 Å². The van der Waals surface area contributed by atoms with Gasteiger partial charge in [0, 0.05) is 22.3 Å². The highest BCUT2D eigenvalue weighted by Crippen LogP contribution is 2.25. The molecule has 1 saturated heterocycles. The standard InChI is InChI=1S/C25H24N8O/c34-25(16-32-10-1-2-11-32)29-19-5-3-4-17(12-19)22-15-26-24-9-8-23(31-33(22)24)28-20-6-7-21-18(13-20)14-27-30-21/h3-9,12-15H,1-2,10-11,16H2,(H,27,30)(H,28,31)(H,29,34). The third-order valence-electron chi connectivity index (χ3n) is 6.08. The van der Waals surface area contributed by atoms with Crippen molar-refractivity contribution in [3.05, 3.63) is 67.0 Å². The van der Waals surface area contributed by atoms with Crippen molar-refractivity contribution in [3.63, 3.8) is 0 Å². The molecule has 1 aliphatic rings. The topological polar surface area (TPSA) is 103 Å². The summed E-state index contributed by atoms with van der Waals surface area (Å²) in [6.07, 6.45) is 5.93. The fourth-order valence-corrected chi connectivity index (χ4v) is 4.41. The van der Waals surface area contributed by atoms with Crippen molar-refractivity contribution >= 4 is 39.6 Å². The number of amides is 1. The molecule has 0 saturated carbocycles. The van der Waals surface area contributed by atoms with Gasteiger partial charge in [0.2, 0.25) is 5.91 Å². The molecule has 4 heterocycles. The maximum atomic E-state index is 12.5. The molecule has 0 bridgehead atoms. The predicted octanol–water partition coefficient (Wildman–Crippen LogP) is 4.05. The molecule has 3 aromatic heterocycles. The fourth-order valence-electron chi connectivity index (χ4n) is 4.41. The van der Waals surface area contributed by atoms with Gasteiger partial charge in [-0.2, -0.15) is 5.10 Å². The normalized spacial score (nSPS) is 14.1. The molecule has 1 fully saturated rings. The van der Waals surface area contributed by atoms with Crippen molar-refractivity contribution in [2.45, 2.75) is 12.8 Å². The van der Waals surface area contributed by atoms with Crippen molar-refractivity contribution in [1.29, 1.82) is 0 Å². The molecule has 0 unspecified atom stereocenters. The molecule has 1 amide bonds. The number of benzene rings is 2. The number of anilines is 3. The second-order valence-electron chi connectivity index (χ2n) is 8.54. The first-order valence-corrected chi connectivity index (χ1v) is 11.4. The maximum Gasteiger partial charge on any atom is 0.238 e. The smallest absolute Gasteiger partial charge is 0.238 e. The van der Waals surface area contributed by atoms with Crippen molar-refractivity contribution in [2.24, 2.45) is 0 Å². The summed E-state index contributed by atoms with van der Waals surface area (Å²) in [5, 5.41) is 19.2. The van der Waals surface area contributed by atoms with E-state index in [1.54, 1.807) is 12.4 Å². The number of H-pyrrole nitrogens is 1. The summed E-state index contributed by atoms with van der Waals surface area (Å²) in [4.78, 5) is 19.2. The molecular weight excluding hydrogens is 428 g/mol. The van der Waals surface area contributed by atoms with E-state index in [2.05, 4.69) is 30.7 Å². The number of carbonyl (C=O) groups is 1. The number of aromatic amines is 1. The lowest BCUT2D eigenvalue weighted by Crippen LogP contribution is -2.30. The number of aromatic nitrogens is 5. The van der Waals surface area contributed by atoms with Crippen LogP contribution in [-0.2, 0) is 4.79 Å². The van der Waals surface area contributed by atoms with Gasteiger partial charge in [-0.25, -0.2) is 9.50 Å². The van der Waals surface area contributed by atoms with Gasteiger partial charge in [0.1, 0.15) is 0 Å². The molecule has 34 heavy (non-hydrogen) atoms. The van der Waals surface area contributed by atoms with Crippen LogP contribution in [0.5, 0.6) is 0 Å². The Kier molecular flexibility index (Phi) is 5.15. The Morgan fingerprint density at radius 3 is 2.82 bits per heavy atom. The SMILES string of the molecule is O=C(CN1CCCC1)Nc1cccc(-c2cnc3ccc(Nc4ccc5[nH]ncc5c4)nn23)c1. The van der Waals surface area contributed by atoms with Crippen LogP contribution in [0.4, 0.5) is 17.2 Å². The van der Waals surface area contributed by atoms with E-state index < -0.39 is 0 Å². The van der Waals surface area contributed by atoms with Gasteiger partial charge in [-0.15, -0.1) is 5.10 Å². The quantitative estimate of drug-likeness (QED) is 0.359. The van der Waals surface area contributed by atoms with Crippen molar-refractivity contribution in [3.8, 4) is 11.3 Å². The van der Waals surface area contributed by atoms with E-state index in [-0.39, 0.29) is 5.91 Å². The van der Waals surface area contributed by atoms with Crippen LogP contribution < -0.4 is 10.6 Å². The fraction of sp³-hybridized carbons (Fsp3) is 0.200. The lowest BCUT2D eigenvalue weighted by molar-refractivity contribution is -0.117. The summed E-state index contributed by atoms with van der Waals surface area (Å²) in [7, 11) is 0. The molecule has 1 aliphatic heterocycles. The Balaban J connectivity index is 1.24. The monoisotopic (exact) mass is 452 g/mol. The summed E-state index contributed by atoms with van der Waals surface area (Å²) < 4.78 is 1.81. The van der Waals surface area contributed by atoms with Crippen LogP contribution in [0.15, 0.2) is 67.0 Å². The van der Waals surface area contributed by atoms with E-state index >= 15 is 0 Å². The third kappa shape index (κ3) is 4.08. The average molecular weight is 453 g/mol. The van der Waals surface area contributed by atoms with E-state index in [1.165, 1.54) is 12.8 Å².